The topological polar surface area (TPSA) is 55.1 Å². The minimum atomic E-state index is -0.550. The predicted molar refractivity (Wildman–Crippen MR) is 72.9 cm³/mol. The van der Waals surface area contributed by atoms with E-state index in [1.807, 2.05) is 30.3 Å². The number of carbonyl (C=O) groups excluding carboxylic acids is 1. The first-order valence-corrected chi connectivity index (χ1v) is 6.77. The smallest absolute Gasteiger partial charge is 0.241 e. The minimum absolute atomic E-state index is 0.0549. The van der Waals surface area contributed by atoms with Gasteiger partial charge in [-0.25, -0.2) is 0 Å². The van der Waals surface area contributed by atoms with Gasteiger partial charge in [-0.3, -0.25) is 4.79 Å². The van der Waals surface area contributed by atoms with Gasteiger partial charge in [-0.2, -0.15) is 0 Å². The third-order valence-electron chi connectivity index (χ3n) is 3.80. The SMILES string of the molecule is CC1CCC(NC(=O)C(N)c2ccccc2)CC1. The zero-order chi connectivity index (χ0) is 13.0. The average Bonchev–Trinajstić information content (AvgIpc) is 2.41. The summed E-state index contributed by atoms with van der Waals surface area (Å²) in [5, 5.41) is 3.07. The highest BCUT2D eigenvalue weighted by molar-refractivity contribution is 5.83. The summed E-state index contributed by atoms with van der Waals surface area (Å²) in [5.41, 5.74) is 6.85. The third kappa shape index (κ3) is 3.33. The summed E-state index contributed by atoms with van der Waals surface area (Å²) < 4.78 is 0. The molecule has 0 aliphatic heterocycles. The van der Waals surface area contributed by atoms with E-state index in [-0.39, 0.29) is 5.91 Å². The Hall–Kier alpha value is -1.35. The molecule has 0 heterocycles. The molecule has 1 atom stereocenters. The fraction of sp³-hybridized carbons (Fsp3) is 0.533. The standard InChI is InChI=1S/C15H22N2O/c1-11-7-9-13(10-8-11)17-15(18)14(16)12-5-3-2-4-6-12/h2-6,11,13-14H,7-10,16H2,1H3,(H,17,18). The van der Waals surface area contributed by atoms with Gasteiger partial charge in [-0.15, -0.1) is 0 Å². The van der Waals surface area contributed by atoms with Crippen LogP contribution < -0.4 is 11.1 Å². The molecular weight excluding hydrogens is 224 g/mol. The van der Waals surface area contributed by atoms with Crippen molar-refractivity contribution in [2.45, 2.75) is 44.7 Å². The largest absolute Gasteiger partial charge is 0.352 e. The highest BCUT2D eigenvalue weighted by Crippen LogP contribution is 2.23. The molecule has 1 aliphatic rings. The van der Waals surface area contributed by atoms with Crippen molar-refractivity contribution >= 4 is 5.91 Å². The zero-order valence-electron chi connectivity index (χ0n) is 10.9. The molecule has 2 rings (SSSR count). The van der Waals surface area contributed by atoms with E-state index in [4.69, 9.17) is 5.73 Å². The van der Waals surface area contributed by atoms with Crippen molar-refractivity contribution < 1.29 is 4.79 Å². The Morgan fingerprint density at radius 3 is 2.44 bits per heavy atom. The second-order valence-corrected chi connectivity index (χ2v) is 5.35. The molecule has 1 aromatic rings. The first kappa shape index (κ1) is 13.1. The molecule has 1 aliphatic carbocycles. The van der Waals surface area contributed by atoms with E-state index in [1.165, 1.54) is 12.8 Å². The van der Waals surface area contributed by atoms with Gasteiger partial charge in [0.25, 0.3) is 0 Å². The average molecular weight is 246 g/mol. The van der Waals surface area contributed by atoms with Gasteiger partial charge in [0.2, 0.25) is 5.91 Å². The van der Waals surface area contributed by atoms with Crippen LogP contribution in [0.1, 0.15) is 44.2 Å². The van der Waals surface area contributed by atoms with Crippen molar-refractivity contribution in [3.05, 3.63) is 35.9 Å². The summed E-state index contributed by atoms with van der Waals surface area (Å²) >= 11 is 0. The minimum Gasteiger partial charge on any atom is -0.352 e. The number of nitrogens with two attached hydrogens (primary N) is 1. The number of benzene rings is 1. The van der Waals surface area contributed by atoms with Crippen LogP contribution in [0.3, 0.4) is 0 Å². The monoisotopic (exact) mass is 246 g/mol. The van der Waals surface area contributed by atoms with Crippen molar-refractivity contribution in [3.8, 4) is 0 Å². The Balaban J connectivity index is 1.88. The van der Waals surface area contributed by atoms with Crippen LogP contribution in [-0.2, 0) is 4.79 Å². The molecule has 3 nitrogen and oxygen atoms in total. The van der Waals surface area contributed by atoms with E-state index < -0.39 is 6.04 Å². The first-order valence-electron chi connectivity index (χ1n) is 6.77. The summed E-state index contributed by atoms with van der Waals surface area (Å²) in [4.78, 5) is 12.1. The Morgan fingerprint density at radius 1 is 1.22 bits per heavy atom. The normalized spacial score (nSPS) is 25.4. The van der Waals surface area contributed by atoms with E-state index in [0.717, 1.165) is 24.3 Å². The van der Waals surface area contributed by atoms with E-state index in [2.05, 4.69) is 12.2 Å². The number of hydrogen-bond acceptors (Lipinski definition) is 2. The van der Waals surface area contributed by atoms with Gasteiger partial charge in [-0.1, -0.05) is 37.3 Å². The van der Waals surface area contributed by atoms with Crippen LogP contribution in [0.4, 0.5) is 0 Å². The number of nitrogens with one attached hydrogen (secondary N) is 1. The number of amides is 1. The first-order chi connectivity index (χ1) is 8.66. The Morgan fingerprint density at radius 2 is 1.83 bits per heavy atom. The van der Waals surface area contributed by atoms with E-state index in [0.29, 0.717) is 6.04 Å². The maximum Gasteiger partial charge on any atom is 0.241 e. The van der Waals surface area contributed by atoms with Gasteiger partial charge in [0.15, 0.2) is 0 Å². The summed E-state index contributed by atoms with van der Waals surface area (Å²) in [6, 6.07) is 9.29. The highest BCUT2D eigenvalue weighted by Gasteiger charge is 2.22. The Bertz CT molecular complexity index is 383. The van der Waals surface area contributed by atoms with Crippen LogP contribution in [0.2, 0.25) is 0 Å². The maximum atomic E-state index is 12.1. The molecule has 3 N–H and O–H groups in total. The van der Waals surface area contributed by atoms with Crippen molar-refractivity contribution in [2.24, 2.45) is 11.7 Å². The zero-order valence-corrected chi connectivity index (χ0v) is 10.9. The van der Waals surface area contributed by atoms with Crippen molar-refractivity contribution in [1.29, 1.82) is 0 Å². The van der Waals surface area contributed by atoms with E-state index in [1.54, 1.807) is 0 Å². The molecule has 3 heteroatoms. The van der Waals surface area contributed by atoms with Crippen molar-refractivity contribution in [2.75, 3.05) is 0 Å². The lowest BCUT2D eigenvalue weighted by Gasteiger charge is -2.28. The van der Waals surface area contributed by atoms with Crippen molar-refractivity contribution in [1.82, 2.24) is 5.32 Å². The number of hydrogen-bond donors (Lipinski definition) is 2. The molecular formula is C15H22N2O. The molecule has 1 unspecified atom stereocenters. The van der Waals surface area contributed by atoms with Gasteiger partial charge < -0.3 is 11.1 Å². The van der Waals surface area contributed by atoms with Gasteiger partial charge in [0.05, 0.1) is 0 Å². The summed E-state index contributed by atoms with van der Waals surface area (Å²) in [6.45, 7) is 2.27. The summed E-state index contributed by atoms with van der Waals surface area (Å²) in [7, 11) is 0. The number of rotatable bonds is 3. The molecule has 18 heavy (non-hydrogen) atoms. The lowest BCUT2D eigenvalue weighted by molar-refractivity contribution is -0.123. The van der Waals surface area contributed by atoms with Crippen LogP contribution in [0, 0.1) is 5.92 Å². The molecule has 0 spiro atoms. The fourth-order valence-electron chi connectivity index (χ4n) is 2.51. The molecule has 0 saturated heterocycles. The van der Waals surface area contributed by atoms with Crippen LogP contribution in [-0.4, -0.2) is 11.9 Å². The molecule has 1 fully saturated rings. The van der Waals surface area contributed by atoms with E-state index in [9.17, 15) is 4.79 Å². The Labute approximate surface area is 109 Å². The molecule has 1 aromatic carbocycles. The van der Waals surface area contributed by atoms with Gasteiger partial charge in [0.1, 0.15) is 6.04 Å². The molecule has 98 valence electrons. The van der Waals surface area contributed by atoms with Gasteiger partial charge in [0, 0.05) is 6.04 Å². The van der Waals surface area contributed by atoms with Gasteiger partial charge >= 0.3 is 0 Å². The molecule has 1 amide bonds. The molecule has 1 saturated carbocycles. The summed E-state index contributed by atoms with van der Waals surface area (Å²) in [5.74, 6) is 0.738. The second kappa shape index (κ2) is 6.01. The van der Waals surface area contributed by atoms with Crippen LogP contribution in [0.15, 0.2) is 30.3 Å². The predicted octanol–water partition coefficient (Wildman–Crippen LogP) is 2.38. The summed E-state index contributed by atoms with van der Waals surface area (Å²) in [6.07, 6.45) is 4.56. The lowest BCUT2D eigenvalue weighted by atomic mass is 9.87. The maximum absolute atomic E-state index is 12.1. The van der Waals surface area contributed by atoms with E-state index >= 15 is 0 Å². The second-order valence-electron chi connectivity index (χ2n) is 5.35. The third-order valence-corrected chi connectivity index (χ3v) is 3.80. The van der Waals surface area contributed by atoms with Crippen LogP contribution in [0.25, 0.3) is 0 Å². The molecule has 0 bridgehead atoms. The molecule has 0 aromatic heterocycles. The van der Waals surface area contributed by atoms with Crippen LogP contribution >= 0.6 is 0 Å². The fourth-order valence-corrected chi connectivity index (χ4v) is 2.51. The number of carbonyl (C=O) groups is 1. The van der Waals surface area contributed by atoms with Crippen molar-refractivity contribution in [3.63, 3.8) is 0 Å². The quantitative estimate of drug-likeness (QED) is 0.860. The lowest BCUT2D eigenvalue weighted by Crippen LogP contribution is -2.42. The highest BCUT2D eigenvalue weighted by atomic mass is 16.2. The Kier molecular flexibility index (Phi) is 4.37. The van der Waals surface area contributed by atoms with Gasteiger partial charge in [-0.05, 0) is 37.2 Å². The molecule has 0 radical (unpaired) electrons. The van der Waals surface area contributed by atoms with Crippen LogP contribution in [0.5, 0.6) is 0 Å².